The molecule has 4 aliphatic rings. The molecule has 176 valence electrons. The second-order valence-corrected chi connectivity index (χ2v) is 9.58. The molecule has 9 nitrogen and oxygen atoms in total. The summed E-state index contributed by atoms with van der Waals surface area (Å²) in [7, 11) is 0. The van der Waals surface area contributed by atoms with E-state index in [9.17, 15) is 19.2 Å². The summed E-state index contributed by atoms with van der Waals surface area (Å²) >= 11 is 0. The van der Waals surface area contributed by atoms with E-state index in [0.717, 1.165) is 62.2 Å². The molecule has 4 heterocycles. The molecule has 5 rings (SSSR count). The van der Waals surface area contributed by atoms with Crippen LogP contribution in [-0.4, -0.2) is 90.2 Å². The Balaban J connectivity index is 1.24. The lowest BCUT2D eigenvalue weighted by Crippen LogP contribution is -2.54. The smallest absolute Gasteiger partial charge is 0.262 e. The molecule has 3 saturated heterocycles. The molecule has 4 amide bonds. The van der Waals surface area contributed by atoms with Crippen LogP contribution < -0.4 is 10.6 Å². The van der Waals surface area contributed by atoms with E-state index in [1.807, 2.05) is 6.07 Å². The first kappa shape index (κ1) is 22.2. The topological polar surface area (TPSA) is 102 Å². The normalized spacial score (nSPS) is 27.1. The molecule has 2 N–H and O–H groups in total. The van der Waals surface area contributed by atoms with Crippen LogP contribution in [0.4, 0.5) is 0 Å². The second-order valence-electron chi connectivity index (χ2n) is 9.58. The summed E-state index contributed by atoms with van der Waals surface area (Å²) in [5.74, 6) is -1.09. The van der Waals surface area contributed by atoms with E-state index in [4.69, 9.17) is 0 Å². The third-order valence-electron chi connectivity index (χ3n) is 7.33. The Kier molecular flexibility index (Phi) is 6.27. The van der Waals surface area contributed by atoms with Crippen LogP contribution >= 0.6 is 0 Å². The maximum absolute atomic E-state index is 13.3. The zero-order chi connectivity index (χ0) is 22.9. The van der Waals surface area contributed by atoms with Gasteiger partial charge in [0.25, 0.3) is 11.8 Å². The summed E-state index contributed by atoms with van der Waals surface area (Å²) < 4.78 is 0. The average Bonchev–Trinajstić information content (AvgIpc) is 3.07. The lowest BCUT2D eigenvalue weighted by molar-refractivity contribution is -0.136. The number of amides is 4. The van der Waals surface area contributed by atoms with E-state index < -0.39 is 23.8 Å². The van der Waals surface area contributed by atoms with Gasteiger partial charge in [-0.15, -0.1) is 0 Å². The van der Waals surface area contributed by atoms with Crippen molar-refractivity contribution in [1.29, 1.82) is 0 Å². The summed E-state index contributed by atoms with van der Waals surface area (Å²) in [5.41, 5.74) is 1.58. The van der Waals surface area contributed by atoms with Crippen molar-refractivity contribution >= 4 is 23.6 Å². The number of nitrogens with one attached hydrogen (secondary N) is 2. The summed E-state index contributed by atoms with van der Waals surface area (Å²) in [6.07, 6.45) is 2.84. The Hall–Kier alpha value is -2.62. The molecule has 0 aromatic heterocycles. The fourth-order valence-electron chi connectivity index (χ4n) is 5.53. The minimum absolute atomic E-state index is 0.123. The van der Waals surface area contributed by atoms with Crippen LogP contribution in [0.3, 0.4) is 0 Å². The van der Waals surface area contributed by atoms with Crippen molar-refractivity contribution < 1.29 is 19.2 Å². The van der Waals surface area contributed by atoms with Gasteiger partial charge in [0, 0.05) is 45.7 Å². The van der Waals surface area contributed by atoms with Gasteiger partial charge in [0.15, 0.2) is 0 Å². The molecule has 0 aliphatic carbocycles. The fourth-order valence-corrected chi connectivity index (χ4v) is 5.53. The Labute approximate surface area is 193 Å². The molecule has 4 aliphatic heterocycles. The highest BCUT2D eigenvalue weighted by Gasteiger charge is 2.45. The average molecular weight is 454 g/mol. The molecule has 0 spiro atoms. The molecule has 2 unspecified atom stereocenters. The van der Waals surface area contributed by atoms with Crippen molar-refractivity contribution in [2.75, 3.05) is 45.8 Å². The van der Waals surface area contributed by atoms with E-state index in [1.165, 1.54) is 12.8 Å². The zero-order valence-corrected chi connectivity index (χ0v) is 18.8. The standard InChI is InChI=1S/C24H31N5O4/c30-20-7-6-19(22(31)26-20)29-23(32)18-5-1-4-17(21(18)24(29)33)15-28-11-9-27(10-12-28)14-16-3-2-8-25-13-16/h1,4-5,16,19,25H,2-3,6-15H2,(H,26,30,31). The van der Waals surface area contributed by atoms with Gasteiger partial charge < -0.3 is 10.2 Å². The summed E-state index contributed by atoms with van der Waals surface area (Å²) in [4.78, 5) is 56.0. The third-order valence-corrected chi connectivity index (χ3v) is 7.33. The highest BCUT2D eigenvalue weighted by Crippen LogP contribution is 2.30. The number of rotatable bonds is 5. The molecule has 1 aromatic carbocycles. The van der Waals surface area contributed by atoms with E-state index in [2.05, 4.69) is 20.4 Å². The van der Waals surface area contributed by atoms with Crippen molar-refractivity contribution in [2.45, 2.75) is 38.3 Å². The Morgan fingerprint density at radius 1 is 0.939 bits per heavy atom. The van der Waals surface area contributed by atoms with E-state index in [0.29, 0.717) is 17.7 Å². The molecular weight excluding hydrogens is 422 g/mol. The number of carbonyl (C=O) groups is 4. The first-order chi connectivity index (χ1) is 16.0. The lowest BCUT2D eigenvalue weighted by Gasteiger charge is -2.37. The van der Waals surface area contributed by atoms with Crippen molar-refractivity contribution in [1.82, 2.24) is 25.3 Å². The number of imide groups is 2. The third kappa shape index (κ3) is 4.45. The predicted octanol–water partition coefficient (Wildman–Crippen LogP) is 0.205. The molecule has 33 heavy (non-hydrogen) atoms. The maximum atomic E-state index is 13.3. The molecular formula is C24H31N5O4. The van der Waals surface area contributed by atoms with Crippen LogP contribution in [-0.2, 0) is 16.1 Å². The number of carbonyl (C=O) groups excluding carboxylic acids is 4. The minimum Gasteiger partial charge on any atom is -0.316 e. The fraction of sp³-hybridized carbons (Fsp3) is 0.583. The van der Waals surface area contributed by atoms with E-state index in [-0.39, 0.29) is 18.7 Å². The van der Waals surface area contributed by atoms with Gasteiger partial charge in [0.1, 0.15) is 6.04 Å². The molecule has 0 bridgehead atoms. The molecule has 0 saturated carbocycles. The van der Waals surface area contributed by atoms with Gasteiger partial charge in [-0.25, -0.2) is 0 Å². The molecule has 0 radical (unpaired) electrons. The van der Waals surface area contributed by atoms with Gasteiger partial charge in [-0.1, -0.05) is 12.1 Å². The largest absolute Gasteiger partial charge is 0.316 e. The van der Waals surface area contributed by atoms with Gasteiger partial charge in [0.05, 0.1) is 11.1 Å². The lowest BCUT2D eigenvalue weighted by atomic mass is 9.98. The SMILES string of the molecule is O=C1CCC(N2C(=O)c3cccc(CN4CCN(CC5CCCNC5)CC4)c3C2=O)C(=O)N1. The maximum Gasteiger partial charge on any atom is 0.262 e. The van der Waals surface area contributed by atoms with Crippen LogP contribution in [0.5, 0.6) is 0 Å². The number of hydrogen-bond acceptors (Lipinski definition) is 7. The number of piperidine rings is 2. The van der Waals surface area contributed by atoms with Crippen molar-refractivity contribution in [3.05, 3.63) is 34.9 Å². The quantitative estimate of drug-likeness (QED) is 0.615. The molecule has 2 atom stereocenters. The zero-order valence-electron chi connectivity index (χ0n) is 18.8. The van der Waals surface area contributed by atoms with Gasteiger partial charge in [-0.3, -0.25) is 34.3 Å². The summed E-state index contributed by atoms with van der Waals surface area (Å²) in [6.45, 7) is 7.82. The highest BCUT2D eigenvalue weighted by molar-refractivity contribution is 6.24. The Morgan fingerprint density at radius 3 is 2.45 bits per heavy atom. The number of fused-ring (bicyclic) bond motifs is 1. The van der Waals surface area contributed by atoms with Crippen LogP contribution in [0.1, 0.15) is 52.0 Å². The molecule has 3 fully saturated rings. The summed E-state index contributed by atoms with van der Waals surface area (Å²) in [5, 5.41) is 5.73. The first-order valence-electron chi connectivity index (χ1n) is 12.0. The summed E-state index contributed by atoms with van der Waals surface area (Å²) in [6, 6.07) is 4.43. The van der Waals surface area contributed by atoms with E-state index in [1.54, 1.807) is 12.1 Å². The van der Waals surface area contributed by atoms with Gasteiger partial charge in [0.2, 0.25) is 11.8 Å². The predicted molar refractivity (Wildman–Crippen MR) is 120 cm³/mol. The van der Waals surface area contributed by atoms with Gasteiger partial charge in [-0.2, -0.15) is 0 Å². The molecule has 1 aromatic rings. The van der Waals surface area contributed by atoms with Crippen LogP contribution in [0.15, 0.2) is 18.2 Å². The van der Waals surface area contributed by atoms with Gasteiger partial charge >= 0.3 is 0 Å². The van der Waals surface area contributed by atoms with E-state index >= 15 is 0 Å². The van der Waals surface area contributed by atoms with Crippen LogP contribution in [0.25, 0.3) is 0 Å². The van der Waals surface area contributed by atoms with Crippen molar-refractivity contribution in [3.63, 3.8) is 0 Å². The first-order valence-corrected chi connectivity index (χ1v) is 12.0. The Morgan fingerprint density at radius 2 is 1.73 bits per heavy atom. The highest BCUT2D eigenvalue weighted by atomic mass is 16.2. The Bertz CT molecular complexity index is 966. The van der Waals surface area contributed by atoms with Crippen LogP contribution in [0.2, 0.25) is 0 Å². The van der Waals surface area contributed by atoms with Crippen LogP contribution in [0, 0.1) is 5.92 Å². The number of piperazine rings is 1. The number of nitrogens with zero attached hydrogens (tertiary/aromatic N) is 3. The second kappa shape index (κ2) is 9.32. The van der Waals surface area contributed by atoms with Crippen molar-refractivity contribution in [3.8, 4) is 0 Å². The van der Waals surface area contributed by atoms with Crippen molar-refractivity contribution in [2.24, 2.45) is 5.92 Å². The molecule has 9 heteroatoms. The van der Waals surface area contributed by atoms with Gasteiger partial charge in [-0.05, 0) is 49.9 Å². The number of benzene rings is 1. The number of hydrogen-bond donors (Lipinski definition) is 2. The minimum atomic E-state index is -0.930. The monoisotopic (exact) mass is 453 g/mol.